The molecule has 2 aliphatic rings. The van der Waals surface area contributed by atoms with Crippen molar-refractivity contribution in [1.82, 2.24) is 4.57 Å². The van der Waals surface area contributed by atoms with Gasteiger partial charge in [0.25, 0.3) is 5.56 Å². The molecular weight excluding hydrogens is 444 g/mol. The largest absolute Gasteiger partial charge is 0.494 e. The molecule has 2 fully saturated rings. The van der Waals surface area contributed by atoms with Crippen LogP contribution in [-0.2, 0) is 0 Å². The highest BCUT2D eigenvalue weighted by Crippen LogP contribution is 2.30. The van der Waals surface area contributed by atoms with Crippen LogP contribution in [0.1, 0.15) is 70.4 Å². The first-order valence-electron chi connectivity index (χ1n) is 13.9. The quantitative estimate of drug-likeness (QED) is 0.244. The molecular formula is C32H40N2O2. The van der Waals surface area contributed by atoms with Gasteiger partial charge in [-0.2, -0.15) is 0 Å². The summed E-state index contributed by atoms with van der Waals surface area (Å²) in [7, 11) is 0. The van der Waals surface area contributed by atoms with Crippen molar-refractivity contribution in [2.75, 3.05) is 24.6 Å². The summed E-state index contributed by atoms with van der Waals surface area (Å²) in [4.78, 5) is 15.9. The van der Waals surface area contributed by atoms with Gasteiger partial charge in [-0.15, -0.1) is 0 Å². The summed E-state index contributed by atoms with van der Waals surface area (Å²) in [5.41, 5.74) is 4.83. The summed E-state index contributed by atoms with van der Waals surface area (Å²) in [6, 6.07) is 16.4. The number of aromatic nitrogens is 1. The lowest BCUT2D eigenvalue weighted by molar-refractivity contribution is 0.310. The highest BCUT2D eigenvalue weighted by molar-refractivity contribution is 5.84. The van der Waals surface area contributed by atoms with Crippen LogP contribution in [0.25, 0.3) is 16.5 Å². The molecule has 36 heavy (non-hydrogen) atoms. The Morgan fingerprint density at radius 1 is 1.00 bits per heavy atom. The second kappa shape index (κ2) is 11.4. The maximum Gasteiger partial charge on any atom is 0.263 e. The number of hydrogen-bond acceptors (Lipinski definition) is 3. The number of ether oxygens (including phenoxy) is 1. The average Bonchev–Trinajstić information content (AvgIpc) is 3.38. The Labute approximate surface area is 215 Å². The molecule has 3 aromatic rings. The molecule has 0 spiro atoms. The summed E-state index contributed by atoms with van der Waals surface area (Å²) in [6.07, 6.45) is 14.0. The van der Waals surface area contributed by atoms with Crippen LogP contribution >= 0.6 is 0 Å². The van der Waals surface area contributed by atoms with Crippen molar-refractivity contribution in [2.24, 2.45) is 5.92 Å². The maximum atomic E-state index is 13.4. The molecule has 0 unspecified atom stereocenters. The zero-order valence-corrected chi connectivity index (χ0v) is 22.0. The van der Waals surface area contributed by atoms with E-state index >= 15 is 0 Å². The Morgan fingerprint density at radius 2 is 1.78 bits per heavy atom. The summed E-state index contributed by atoms with van der Waals surface area (Å²) in [5.74, 6) is 1.58. The van der Waals surface area contributed by atoms with E-state index in [-0.39, 0.29) is 5.56 Å². The van der Waals surface area contributed by atoms with E-state index in [1.54, 1.807) is 5.57 Å². The van der Waals surface area contributed by atoms with E-state index in [0.717, 1.165) is 59.8 Å². The Hall–Kier alpha value is -3.01. The van der Waals surface area contributed by atoms with E-state index in [4.69, 9.17) is 4.74 Å². The van der Waals surface area contributed by atoms with E-state index in [2.05, 4.69) is 48.2 Å². The highest BCUT2D eigenvalue weighted by Gasteiger charge is 2.22. The van der Waals surface area contributed by atoms with Gasteiger partial charge in [0.05, 0.1) is 6.61 Å². The fourth-order valence-electron chi connectivity index (χ4n) is 5.79. The fraction of sp³-hybridized carbons (Fsp3) is 0.469. The zero-order valence-electron chi connectivity index (χ0n) is 22.0. The van der Waals surface area contributed by atoms with E-state index in [9.17, 15) is 4.79 Å². The van der Waals surface area contributed by atoms with Gasteiger partial charge in [-0.1, -0.05) is 31.4 Å². The number of unbranched alkanes of at least 4 members (excludes halogenated alkanes) is 1. The number of allylic oxidation sites excluding steroid dienone is 2. The first-order chi connectivity index (χ1) is 17.6. The number of pyridine rings is 1. The molecule has 190 valence electrons. The Bertz CT molecular complexity index is 1260. The maximum absolute atomic E-state index is 13.4. The van der Waals surface area contributed by atoms with Gasteiger partial charge in [-0.25, -0.2) is 0 Å². The molecule has 0 bridgehead atoms. The number of anilines is 1. The topological polar surface area (TPSA) is 34.5 Å². The van der Waals surface area contributed by atoms with Crippen molar-refractivity contribution in [3.63, 3.8) is 0 Å². The van der Waals surface area contributed by atoms with E-state index < -0.39 is 0 Å². The zero-order chi connectivity index (χ0) is 24.9. The molecule has 4 nitrogen and oxygen atoms in total. The minimum absolute atomic E-state index is 0.0230. The van der Waals surface area contributed by atoms with Gasteiger partial charge in [0.1, 0.15) is 5.75 Å². The van der Waals surface area contributed by atoms with Crippen LogP contribution in [0.3, 0.4) is 0 Å². The van der Waals surface area contributed by atoms with Crippen LogP contribution in [-0.4, -0.2) is 24.3 Å². The Balaban J connectivity index is 1.29. The first kappa shape index (κ1) is 24.7. The van der Waals surface area contributed by atoms with Gasteiger partial charge in [0.15, 0.2) is 0 Å². The highest BCUT2D eigenvalue weighted by atomic mass is 16.5. The second-order valence-corrected chi connectivity index (χ2v) is 10.7. The molecule has 4 heteroatoms. The molecule has 1 aliphatic heterocycles. The standard InChI is InChI=1S/C32H40N2O2/c1-3-4-20-36-30-16-17-31-27(22-30)21-24(2)34(32(31)35)29-14-12-28(13-15-29)33-19-18-26(23-33)11-10-25-8-6-5-7-9-25/h10,12-17,21-22,26H,3-9,11,18-20,23H2,1-2H3/t26-/m1/s1. The van der Waals surface area contributed by atoms with Crippen molar-refractivity contribution in [2.45, 2.75) is 71.6 Å². The Kier molecular flexibility index (Phi) is 7.79. The molecule has 1 aliphatic carbocycles. The number of nitrogens with zero attached hydrogens (tertiary/aromatic N) is 2. The second-order valence-electron chi connectivity index (χ2n) is 10.7. The van der Waals surface area contributed by atoms with Gasteiger partial charge in [-0.3, -0.25) is 9.36 Å². The minimum Gasteiger partial charge on any atom is -0.494 e. The fourth-order valence-corrected chi connectivity index (χ4v) is 5.79. The molecule has 0 N–H and O–H groups in total. The Morgan fingerprint density at radius 3 is 2.56 bits per heavy atom. The lowest BCUT2D eigenvalue weighted by Gasteiger charge is -2.20. The van der Waals surface area contributed by atoms with Crippen molar-refractivity contribution < 1.29 is 4.74 Å². The monoisotopic (exact) mass is 484 g/mol. The predicted molar refractivity (Wildman–Crippen MR) is 151 cm³/mol. The molecule has 5 rings (SSSR count). The van der Waals surface area contributed by atoms with Gasteiger partial charge < -0.3 is 9.64 Å². The molecule has 2 heterocycles. The summed E-state index contributed by atoms with van der Waals surface area (Å²) >= 11 is 0. The van der Waals surface area contributed by atoms with Gasteiger partial charge >= 0.3 is 0 Å². The van der Waals surface area contributed by atoms with E-state index in [0.29, 0.717) is 6.61 Å². The molecule has 0 radical (unpaired) electrons. The van der Waals surface area contributed by atoms with Crippen LogP contribution in [0.15, 0.2) is 65.0 Å². The summed E-state index contributed by atoms with van der Waals surface area (Å²) < 4.78 is 7.67. The van der Waals surface area contributed by atoms with Gasteiger partial charge in [-0.05, 0) is 112 Å². The SMILES string of the molecule is CCCCOc1ccc2c(=O)n(-c3ccc(N4CC[C@@H](CC=C5CCCCC5)C4)cc3)c(C)cc2c1. The first-order valence-corrected chi connectivity index (χ1v) is 13.9. The van der Waals surface area contributed by atoms with Crippen LogP contribution in [0.2, 0.25) is 0 Å². The number of benzene rings is 2. The molecule has 2 aromatic carbocycles. The van der Waals surface area contributed by atoms with Crippen molar-refractivity contribution >= 4 is 16.5 Å². The van der Waals surface area contributed by atoms with Gasteiger partial charge in [0.2, 0.25) is 0 Å². The lowest BCUT2D eigenvalue weighted by atomic mass is 9.92. The smallest absolute Gasteiger partial charge is 0.263 e. The molecule has 1 saturated carbocycles. The predicted octanol–water partition coefficient (Wildman–Crippen LogP) is 7.58. The summed E-state index contributed by atoms with van der Waals surface area (Å²) in [6.45, 7) is 7.11. The number of hydrogen-bond donors (Lipinski definition) is 0. The van der Waals surface area contributed by atoms with Crippen LogP contribution in [0.4, 0.5) is 5.69 Å². The minimum atomic E-state index is 0.0230. The van der Waals surface area contributed by atoms with Gasteiger partial charge in [0, 0.05) is 35.5 Å². The van der Waals surface area contributed by atoms with Crippen molar-refractivity contribution in [3.8, 4) is 11.4 Å². The third-order valence-electron chi connectivity index (χ3n) is 7.93. The molecule has 0 amide bonds. The summed E-state index contributed by atoms with van der Waals surface area (Å²) in [5, 5.41) is 1.66. The lowest BCUT2D eigenvalue weighted by Crippen LogP contribution is -2.22. The molecule has 1 saturated heterocycles. The third kappa shape index (κ3) is 5.53. The van der Waals surface area contributed by atoms with E-state index in [1.165, 1.54) is 50.6 Å². The van der Waals surface area contributed by atoms with E-state index in [1.807, 2.05) is 29.7 Å². The van der Waals surface area contributed by atoms with Crippen molar-refractivity contribution in [1.29, 1.82) is 0 Å². The number of aryl methyl sites for hydroxylation is 1. The van der Waals surface area contributed by atoms with Crippen LogP contribution < -0.4 is 15.2 Å². The van der Waals surface area contributed by atoms with Crippen LogP contribution in [0.5, 0.6) is 5.75 Å². The normalized spacial score (nSPS) is 18.1. The third-order valence-corrected chi connectivity index (χ3v) is 7.93. The number of rotatable bonds is 8. The van der Waals surface area contributed by atoms with Crippen molar-refractivity contribution in [3.05, 3.63) is 76.2 Å². The molecule has 1 aromatic heterocycles. The van der Waals surface area contributed by atoms with Crippen LogP contribution in [0, 0.1) is 12.8 Å². The number of fused-ring (bicyclic) bond motifs is 1. The average molecular weight is 485 g/mol. The molecule has 1 atom stereocenters.